The summed E-state index contributed by atoms with van der Waals surface area (Å²) in [5, 5.41) is 11.7. The van der Waals surface area contributed by atoms with E-state index >= 15 is 0 Å². The van der Waals surface area contributed by atoms with Crippen molar-refractivity contribution >= 4 is 0 Å². The van der Waals surface area contributed by atoms with Gasteiger partial charge in [-0.15, -0.1) is 10.2 Å². The Kier molecular flexibility index (Phi) is 4.72. The van der Waals surface area contributed by atoms with E-state index in [1.165, 1.54) is 25.8 Å². The van der Waals surface area contributed by atoms with E-state index in [1.54, 1.807) is 6.33 Å². The van der Waals surface area contributed by atoms with E-state index in [2.05, 4.69) is 34.3 Å². The minimum absolute atomic E-state index is 0.533. The first-order valence-corrected chi connectivity index (χ1v) is 6.97. The van der Waals surface area contributed by atoms with Gasteiger partial charge in [0.05, 0.1) is 6.54 Å². The molecule has 0 bridgehead atoms. The number of nitrogens with one attached hydrogen (secondary N) is 1. The first-order valence-electron chi connectivity index (χ1n) is 6.97. The molecular weight excluding hydrogens is 226 g/mol. The molecule has 2 heterocycles. The fraction of sp³-hybridized carbons (Fsp3) is 0.846. The molecule has 0 radical (unpaired) electrons. The molecule has 1 saturated heterocycles. The number of aromatic nitrogens is 3. The molecule has 1 aliphatic heterocycles. The molecule has 1 aromatic rings. The van der Waals surface area contributed by atoms with E-state index in [-0.39, 0.29) is 0 Å². The quantitative estimate of drug-likeness (QED) is 0.853. The Morgan fingerprint density at radius 2 is 2.33 bits per heavy atom. The molecule has 0 saturated carbocycles. The molecule has 5 heteroatoms. The van der Waals surface area contributed by atoms with Crippen LogP contribution in [0.4, 0.5) is 0 Å². The minimum atomic E-state index is 0.533. The van der Waals surface area contributed by atoms with Gasteiger partial charge in [-0.05, 0) is 33.2 Å². The van der Waals surface area contributed by atoms with E-state index in [1.807, 2.05) is 11.6 Å². The fourth-order valence-corrected chi connectivity index (χ4v) is 2.45. The fourth-order valence-electron chi connectivity index (χ4n) is 2.45. The Bertz CT molecular complexity index is 354. The monoisotopic (exact) mass is 251 g/mol. The van der Waals surface area contributed by atoms with Crippen molar-refractivity contribution in [3.05, 3.63) is 12.2 Å². The zero-order chi connectivity index (χ0) is 13.0. The number of hydrogen-bond donors (Lipinski definition) is 1. The summed E-state index contributed by atoms with van der Waals surface area (Å²) in [6, 6.07) is 1.17. The summed E-state index contributed by atoms with van der Waals surface area (Å²) < 4.78 is 2.00. The van der Waals surface area contributed by atoms with Gasteiger partial charge in [-0.3, -0.25) is 4.90 Å². The SMILES string of the molecule is CC(C)N(Cc1nncn1C)CC1CCCCN1. The van der Waals surface area contributed by atoms with E-state index < -0.39 is 0 Å². The Balaban J connectivity index is 1.93. The highest BCUT2D eigenvalue weighted by Crippen LogP contribution is 2.12. The van der Waals surface area contributed by atoms with Crippen LogP contribution in [0.3, 0.4) is 0 Å². The molecule has 0 aromatic carbocycles. The van der Waals surface area contributed by atoms with Crippen molar-refractivity contribution in [3.63, 3.8) is 0 Å². The molecule has 1 fully saturated rings. The van der Waals surface area contributed by atoms with Crippen molar-refractivity contribution in [3.8, 4) is 0 Å². The lowest BCUT2D eigenvalue weighted by molar-refractivity contribution is 0.171. The summed E-state index contributed by atoms with van der Waals surface area (Å²) >= 11 is 0. The normalized spacial score (nSPS) is 20.8. The second kappa shape index (κ2) is 6.29. The Labute approximate surface area is 110 Å². The van der Waals surface area contributed by atoms with E-state index in [0.29, 0.717) is 12.1 Å². The molecule has 5 nitrogen and oxygen atoms in total. The number of piperidine rings is 1. The second-order valence-corrected chi connectivity index (χ2v) is 5.53. The third-order valence-corrected chi connectivity index (χ3v) is 3.75. The summed E-state index contributed by atoms with van der Waals surface area (Å²) in [6.45, 7) is 7.65. The van der Waals surface area contributed by atoms with E-state index in [9.17, 15) is 0 Å². The highest BCUT2D eigenvalue weighted by molar-refractivity contribution is 4.87. The highest BCUT2D eigenvalue weighted by atomic mass is 15.3. The number of rotatable bonds is 5. The number of hydrogen-bond acceptors (Lipinski definition) is 4. The predicted molar refractivity (Wildman–Crippen MR) is 72.2 cm³/mol. The van der Waals surface area contributed by atoms with Gasteiger partial charge in [0.1, 0.15) is 12.2 Å². The minimum Gasteiger partial charge on any atom is -0.320 e. The van der Waals surface area contributed by atoms with Crippen LogP contribution in [0.25, 0.3) is 0 Å². The number of nitrogens with zero attached hydrogens (tertiary/aromatic N) is 4. The predicted octanol–water partition coefficient (Wildman–Crippen LogP) is 1.17. The van der Waals surface area contributed by atoms with Gasteiger partial charge in [0.15, 0.2) is 0 Å². The van der Waals surface area contributed by atoms with Crippen LogP contribution < -0.4 is 5.32 Å². The first-order chi connectivity index (χ1) is 8.66. The molecule has 0 amide bonds. The van der Waals surface area contributed by atoms with Gasteiger partial charge in [0.25, 0.3) is 0 Å². The smallest absolute Gasteiger partial charge is 0.146 e. The van der Waals surface area contributed by atoms with Crippen molar-refractivity contribution < 1.29 is 0 Å². The zero-order valence-corrected chi connectivity index (χ0v) is 11.8. The maximum atomic E-state index is 4.18. The van der Waals surface area contributed by atoms with Crippen molar-refractivity contribution in [2.45, 2.75) is 51.7 Å². The lowest BCUT2D eigenvalue weighted by Crippen LogP contribution is -2.45. The molecule has 1 unspecified atom stereocenters. The van der Waals surface area contributed by atoms with Crippen LogP contribution in [0.1, 0.15) is 38.9 Å². The molecule has 2 rings (SSSR count). The summed E-state index contributed by atoms with van der Waals surface area (Å²) in [5.74, 6) is 1.04. The standard InChI is InChI=1S/C13H25N5/c1-11(2)18(8-12-6-4-5-7-14-12)9-13-16-15-10-17(13)3/h10-12,14H,4-9H2,1-3H3. The second-order valence-electron chi connectivity index (χ2n) is 5.53. The van der Waals surface area contributed by atoms with Gasteiger partial charge >= 0.3 is 0 Å². The van der Waals surface area contributed by atoms with Gasteiger partial charge in [-0.25, -0.2) is 0 Å². The van der Waals surface area contributed by atoms with E-state index in [4.69, 9.17) is 0 Å². The Hall–Kier alpha value is -0.940. The summed E-state index contributed by atoms with van der Waals surface area (Å²) in [7, 11) is 2.01. The Morgan fingerprint density at radius 1 is 1.50 bits per heavy atom. The summed E-state index contributed by atoms with van der Waals surface area (Å²) in [5.41, 5.74) is 0. The van der Waals surface area contributed by atoms with E-state index in [0.717, 1.165) is 18.9 Å². The van der Waals surface area contributed by atoms with Crippen LogP contribution in [0.15, 0.2) is 6.33 Å². The summed E-state index contributed by atoms with van der Waals surface area (Å²) in [4.78, 5) is 2.48. The van der Waals surface area contributed by atoms with Gasteiger partial charge in [0, 0.05) is 25.7 Å². The van der Waals surface area contributed by atoms with Crippen LogP contribution >= 0.6 is 0 Å². The average Bonchev–Trinajstić information content (AvgIpc) is 2.75. The van der Waals surface area contributed by atoms with Crippen molar-refractivity contribution in [2.24, 2.45) is 7.05 Å². The maximum Gasteiger partial charge on any atom is 0.146 e. The highest BCUT2D eigenvalue weighted by Gasteiger charge is 2.19. The molecule has 0 aliphatic carbocycles. The van der Waals surface area contributed by atoms with Gasteiger partial charge in [0.2, 0.25) is 0 Å². The van der Waals surface area contributed by atoms with Crippen LogP contribution in [-0.4, -0.2) is 44.8 Å². The van der Waals surface area contributed by atoms with Crippen molar-refractivity contribution in [1.29, 1.82) is 0 Å². The maximum absolute atomic E-state index is 4.18. The molecular formula is C13H25N5. The third-order valence-electron chi connectivity index (χ3n) is 3.75. The molecule has 102 valence electrons. The lowest BCUT2D eigenvalue weighted by Gasteiger charge is -2.32. The van der Waals surface area contributed by atoms with Gasteiger partial charge in [-0.1, -0.05) is 6.42 Å². The number of aryl methyl sites for hydroxylation is 1. The van der Waals surface area contributed by atoms with Crippen LogP contribution in [-0.2, 0) is 13.6 Å². The van der Waals surface area contributed by atoms with Crippen molar-refractivity contribution in [1.82, 2.24) is 25.0 Å². The lowest BCUT2D eigenvalue weighted by atomic mass is 10.0. The van der Waals surface area contributed by atoms with Gasteiger partial charge < -0.3 is 9.88 Å². The first kappa shape index (κ1) is 13.5. The molecule has 0 spiro atoms. The molecule has 18 heavy (non-hydrogen) atoms. The van der Waals surface area contributed by atoms with Crippen LogP contribution in [0.5, 0.6) is 0 Å². The zero-order valence-electron chi connectivity index (χ0n) is 11.8. The average molecular weight is 251 g/mol. The third kappa shape index (κ3) is 3.53. The largest absolute Gasteiger partial charge is 0.320 e. The van der Waals surface area contributed by atoms with Crippen LogP contribution in [0.2, 0.25) is 0 Å². The molecule has 1 aromatic heterocycles. The summed E-state index contributed by atoms with van der Waals surface area (Å²) in [6.07, 6.45) is 5.74. The van der Waals surface area contributed by atoms with Gasteiger partial charge in [-0.2, -0.15) is 0 Å². The van der Waals surface area contributed by atoms with Crippen LogP contribution in [0, 0.1) is 0 Å². The molecule has 1 atom stereocenters. The topological polar surface area (TPSA) is 46.0 Å². The Morgan fingerprint density at radius 3 is 2.89 bits per heavy atom. The van der Waals surface area contributed by atoms with Crippen molar-refractivity contribution in [2.75, 3.05) is 13.1 Å². The molecule has 1 aliphatic rings. The molecule has 1 N–H and O–H groups in total.